The normalized spacial score (nSPS) is 15.7. The number of benzene rings is 2. The highest BCUT2D eigenvalue weighted by Gasteiger charge is 2.37. The summed E-state index contributed by atoms with van der Waals surface area (Å²) < 4.78 is 14.9. The second kappa shape index (κ2) is 11.4. The molecule has 3 aromatic rings. The third-order valence-corrected chi connectivity index (χ3v) is 7.07. The Hall–Kier alpha value is -3.96. The SMILES string of the molecule is COc1ccc([C@H](C(=O)NC[C@H]2CCCO2)N(C(=O)c2snc(C(N)=O)c2N)c2ccccc2C)cc1. The number of nitrogens with zero attached hydrogens (tertiary/aromatic N) is 2. The predicted molar refractivity (Wildman–Crippen MR) is 141 cm³/mol. The van der Waals surface area contributed by atoms with E-state index >= 15 is 0 Å². The van der Waals surface area contributed by atoms with Crippen molar-refractivity contribution in [2.24, 2.45) is 5.73 Å². The van der Waals surface area contributed by atoms with Crippen molar-refractivity contribution >= 4 is 40.6 Å². The molecule has 1 fully saturated rings. The van der Waals surface area contributed by atoms with Crippen LogP contribution in [-0.4, -0.2) is 48.5 Å². The maximum absolute atomic E-state index is 14.1. The number of methoxy groups -OCH3 is 1. The minimum absolute atomic E-state index is 0.0162. The van der Waals surface area contributed by atoms with Crippen molar-refractivity contribution in [1.29, 1.82) is 0 Å². The van der Waals surface area contributed by atoms with Gasteiger partial charge in [-0.3, -0.25) is 19.3 Å². The van der Waals surface area contributed by atoms with Gasteiger partial charge in [0.05, 0.1) is 18.9 Å². The van der Waals surface area contributed by atoms with E-state index in [0.717, 1.165) is 29.9 Å². The fraction of sp³-hybridized carbons (Fsp3) is 0.308. The van der Waals surface area contributed by atoms with E-state index in [2.05, 4.69) is 9.69 Å². The second-order valence-electron chi connectivity index (χ2n) is 8.66. The first-order valence-corrected chi connectivity index (χ1v) is 12.6. The van der Waals surface area contributed by atoms with E-state index < -0.39 is 23.8 Å². The largest absolute Gasteiger partial charge is 0.497 e. The molecule has 0 saturated carbocycles. The first kappa shape index (κ1) is 26.1. The number of carbonyl (C=O) groups excluding carboxylic acids is 3. The Morgan fingerprint density at radius 3 is 2.54 bits per heavy atom. The molecule has 3 amide bonds. The summed E-state index contributed by atoms with van der Waals surface area (Å²) >= 11 is 0.767. The molecule has 37 heavy (non-hydrogen) atoms. The van der Waals surface area contributed by atoms with Gasteiger partial charge in [-0.25, -0.2) is 0 Å². The number of nitrogen functional groups attached to an aromatic ring is 1. The van der Waals surface area contributed by atoms with Gasteiger partial charge in [0.1, 0.15) is 16.7 Å². The van der Waals surface area contributed by atoms with Gasteiger partial charge < -0.3 is 26.3 Å². The van der Waals surface area contributed by atoms with Crippen LogP contribution < -0.4 is 26.4 Å². The van der Waals surface area contributed by atoms with Gasteiger partial charge in [0.25, 0.3) is 11.8 Å². The molecule has 2 atom stereocenters. The third-order valence-electron chi connectivity index (χ3n) is 6.22. The van der Waals surface area contributed by atoms with Crippen LogP contribution in [0.2, 0.25) is 0 Å². The second-order valence-corrected chi connectivity index (χ2v) is 9.43. The van der Waals surface area contributed by atoms with E-state index in [1.165, 1.54) is 4.90 Å². The number of rotatable bonds is 9. The molecule has 2 aromatic carbocycles. The van der Waals surface area contributed by atoms with E-state index in [-0.39, 0.29) is 22.4 Å². The Bertz CT molecular complexity index is 1290. The van der Waals surface area contributed by atoms with Crippen molar-refractivity contribution in [1.82, 2.24) is 9.69 Å². The standard InChI is InChI=1S/C26H29N5O5S/c1-15-6-3-4-8-19(15)31(26(34)23-20(27)21(24(28)32)30-37-23)22(16-9-11-17(35-2)12-10-16)25(33)29-14-18-7-5-13-36-18/h3-4,6,8-12,18,22H,5,7,13-14,27H2,1-2H3,(H2,28,32)(H,29,33)/t18-,22-/m1/s1. The highest BCUT2D eigenvalue weighted by atomic mass is 32.1. The average molecular weight is 524 g/mol. The van der Waals surface area contributed by atoms with Crippen molar-refractivity contribution in [2.45, 2.75) is 31.9 Å². The molecule has 194 valence electrons. The third kappa shape index (κ3) is 5.57. The van der Waals surface area contributed by atoms with Crippen LogP contribution in [-0.2, 0) is 9.53 Å². The Kier molecular flexibility index (Phi) is 8.04. The molecule has 4 rings (SSSR count). The lowest BCUT2D eigenvalue weighted by Gasteiger charge is -2.32. The zero-order chi connectivity index (χ0) is 26.5. The number of ether oxygens (including phenoxy) is 2. The lowest BCUT2D eigenvalue weighted by Crippen LogP contribution is -2.45. The molecule has 1 aromatic heterocycles. The molecule has 1 aliphatic heterocycles. The van der Waals surface area contributed by atoms with Crippen LogP contribution in [0.4, 0.5) is 11.4 Å². The molecule has 1 saturated heterocycles. The monoisotopic (exact) mass is 523 g/mol. The van der Waals surface area contributed by atoms with Crippen LogP contribution >= 0.6 is 11.5 Å². The van der Waals surface area contributed by atoms with Crippen molar-refractivity contribution in [3.05, 3.63) is 70.2 Å². The molecule has 0 radical (unpaired) electrons. The summed E-state index contributed by atoms with van der Waals surface area (Å²) in [7, 11) is 1.55. The van der Waals surface area contributed by atoms with Gasteiger partial charge in [0.2, 0.25) is 5.91 Å². The Morgan fingerprint density at radius 1 is 1.22 bits per heavy atom. The van der Waals surface area contributed by atoms with Gasteiger partial charge in [-0.1, -0.05) is 30.3 Å². The summed E-state index contributed by atoms with van der Waals surface area (Å²) in [6, 6.07) is 13.1. The summed E-state index contributed by atoms with van der Waals surface area (Å²) in [4.78, 5) is 41.1. The van der Waals surface area contributed by atoms with E-state index in [0.29, 0.717) is 30.2 Å². The topological polar surface area (TPSA) is 150 Å². The fourth-order valence-corrected chi connectivity index (χ4v) is 5.00. The molecular formula is C26H29N5O5S. The number of hydrogen-bond acceptors (Lipinski definition) is 8. The average Bonchev–Trinajstić information content (AvgIpc) is 3.56. The van der Waals surface area contributed by atoms with Crippen molar-refractivity contribution in [3.8, 4) is 5.75 Å². The van der Waals surface area contributed by atoms with Crippen LogP contribution in [0.25, 0.3) is 0 Å². The van der Waals surface area contributed by atoms with Gasteiger partial charge in [-0.05, 0) is 60.6 Å². The minimum atomic E-state index is -1.07. The lowest BCUT2D eigenvalue weighted by atomic mass is 10.0. The number of para-hydroxylation sites is 1. The van der Waals surface area contributed by atoms with Crippen molar-refractivity contribution in [3.63, 3.8) is 0 Å². The molecule has 2 heterocycles. The molecule has 0 unspecified atom stereocenters. The molecule has 11 heteroatoms. The number of nitrogens with two attached hydrogens (primary N) is 2. The van der Waals surface area contributed by atoms with Gasteiger partial charge in [0.15, 0.2) is 5.69 Å². The maximum Gasteiger partial charge on any atom is 0.273 e. The smallest absolute Gasteiger partial charge is 0.273 e. The molecule has 0 bridgehead atoms. The summed E-state index contributed by atoms with van der Waals surface area (Å²) in [6.45, 7) is 2.81. The van der Waals surface area contributed by atoms with Crippen molar-refractivity contribution < 1.29 is 23.9 Å². The van der Waals surface area contributed by atoms with E-state index in [1.807, 2.05) is 19.1 Å². The van der Waals surface area contributed by atoms with Crippen LogP contribution in [0, 0.1) is 6.92 Å². The quantitative estimate of drug-likeness (QED) is 0.390. The summed E-state index contributed by atoms with van der Waals surface area (Å²) in [5.41, 5.74) is 13.0. The predicted octanol–water partition coefficient (Wildman–Crippen LogP) is 2.82. The molecule has 1 aliphatic rings. The molecule has 5 N–H and O–H groups in total. The minimum Gasteiger partial charge on any atom is -0.497 e. The van der Waals surface area contributed by atoms with Crippen LogP contribution in [0.3, 0.4) is 0 Å². The number of aromatic nitrogens is 1. The Morgan fingerprint density at radius 2 is 1.95 bits per heavy atom. The Labute approximate surface area is 218 Å². The number of primary amides is 1. The molecule has 10 nitrogen and oxygen atoms in total. The van der Waals surface area contributed by atoms with Gasteiger partial charge in [-0.15, -0.1) is 0 Å². The van der Waals surface area contributed by atoms with Gasteiger partial charge >= 0.3 is 0 Å². The number of nitrogens with one attached hydrogen (secondary N) is 1. The summed E-state index contributed by atoms with van der Waals surface area (Å²) in [5, 5.41) is 2.96. The van der Waals surface area contributed by atoms with Crippen LogP contribution in [0.5, 0.6) is 5.75 Å². The zero-order valence-electron chi connectivity index (χ0n) is 20.6. The first-order chi connectivity index (χ1) is 17.8. The Balaban J connectivity index is 1.82. The highest BCUT2D eigenvalue weighted by Crippen LogP contribution is 2.35. The lowest BCUT2D eigenvalue weighted by molar-refractivity contribution is -0.123. The molecule has 0 aliphatic carbocycles. The molecule has 0 spiro atoms. The number of hydrogen-bond donors (Lipinski definition) is 3. The van der Waals surface area contributed by atoms with Crippen molar-refractivity contribution in [2.75, 3.05) is 30.9 Å². The van der Waals surface area contributed by atoms with E-state index in [4.69, 9.17) is 20.9 Å². The zero-order valence-corrected chi connectivity index (χ0v) is 21.4. The number of amides is 3. The summed E-state index contributed by atoms with van der Waals surface area (Å²) in [6.07, 6.45) is 1.70. The number of aryl methyl sites for hydroxylation is 1. The van der Waals surface area contributed by atoms with E-state index in [1.54, 1.807) is 43.5 Å². The van der Waals surface area contributed by atoms with Gasteiger partial charge in [0, 0.05) is 18.8 Å². The van der Waals surface area contributed by atoms with Crippen LogP contribution in [0.1, 0.15) is 50.2 Å². The maximum atomic E-state index is 14.1. The summed E-state index contributed by atoms with van der Waals surface area (Å²) in [5.74, 6) is -1.20. The van der Waals surface area contributed by atoms with E-state index in [9.17, 15) is 14.4 Å². The fourth-order valence-electron chi connectivity index (χ4n) is 4.26. The first-order valence-electron chi connectivity index (χ1n) is 11.8. The number of carbonyl (C=O) groups is 3. The molecular weight excluding hydrogens is 494 g/mol. The number of anilines is 2. The van der Waals surface area contributed by atoms with Gasteiger partial charge in [-0.2, -0.15) is 4.37 Å². The van der Waals surface area contributed by atoms with Crippen LogP contribution in [0.15, 0.2) is 48.5 Å². The highest BCUT2D eigenvalue weighted by molar-refractivity contribution is 7.09.